The van der Waals surface area contributed by atoms with Gasteiger partial charge in [-0.25, -0.2) is 0 Å². The molecule has 1 aromatic carbocycles. The minimum Gasteiger partial charge on any atom is -0.394 e. The quantitative estimate of drug-likeness (QED) is 0.262. The van der Waals surface area contributed by atoms with Gasteiger partial charge in [0.25, 0.3) is 10.1 Å². The third-order valence-electron chi connectivity index (χ3n) is 2.88. The van der Waals surface area contributed by atoms with Crippen LogP contribution in [0.4, 0.5) is 0 Å². The lowest BCUT2D eigenvalue weighted by molar-refractivity contribution is 0.0500. The van der Waals surface area contributed by atoms with Gasteiger partial charge in [-0.3, -0.25) is 4.18 Å². The van der Waals surface area contributed by atoms with Crippen LogP contribution < -0.4 is 0 Å². The van der Waals surface area contributed by atoms with Gasteiger partial charge >= 0.3 is 0 Å². The van der Waals surface area contributed by atoms with Crippen molar-refractivity contribution in [3.8, 4) is 0 Å². The Morgan fingerprint density at radius 2 is 1.28 bits per heavy atom. The molecule has 0 amide bonds. The standard InChI is InChI=1S/C12H18O5S.C5H12O3.CH2Cl2/c1-11-3-5-12(6-4-11)18(13,14)17-10-9-16-8-7-15-2;1-7-4-5-8-3-2-6;2-1-3/h3-6H,7-10H2,1-2H3;6H,2-5H2,1H3;1H2. The van der Waals surface area contributed by atoms with Gasteiger partial charge in [-0.1, -0.05) is 17.7 Å². The van der Waals surface area contributed by atoms with E-state index in [0.717, 1.165) is 5.56 Å². The third kappa shape index (κ3) is 20.6. The molecule has 0 fully saturated rings. The van der Waals surface area contributed by atoms with Gasteiger partial charge in [-0.2, -0.15) is 8.42 Å². The predicted octanol–water partition coefficient (Wildman–Crippen LogP) is 2.43. The van der Waals surface area contributed by atoms with Crippen molar-refractivity contribution in [1.82, 2.24) is 0 Å². The van der Waals surface area contributed by atoms with Crippen molar-refractivity contribution >= 4 is 33.3 Å². The fraction of sp³-hybridized carbons (Fsp3) is 0.667. The van der Waals surface area contributed by atoms with E-state index in [-0.39, 0.29) is 30.1 Å². The fourth-order valence-corrected chi connectivity index (χ4v) is 2.42. The number of hydrogen-bond donors (Lipinski definition) is 1. The van der Waals surface area contributed by atoms with E-state index in [0.29, 0.717) is 33.0 Å². The molecule has 0 atom stereocenters. The molecular weight excluding hydrogens is 447 g/mol. The van der Waals surface area contributed by atoms with Crippen molar-refractivity contribution < 1.29 is 36.7 Å². The Kier molecular flexibility index (Phi) is 23.5. The van der Waals surface area contributed by atoms with Crippen LogP contribution in [0.2, 0.25) is 0 Å². The van der Waals surface area contributed by atoms with Crippen molar-refractivity contribution in [2.75, 3.05) is 72.4 Å². The van der Waals surface area contributed by atoms with Crippen LogP contribution in [0.1, 0.15) is 5.56 Å². The molecule has 8 nitrogen and oxygen atoms in total. The number of aryl methyl sites for hydroxylation is 1. The lowest BCUT2D eigenvalue weighted by atomic mass is 10.2. The average Bonchev–Trinajstić information content (AvgIpc) is 2.69. The van der Waals surface area contributed by atoms with Gasteiger partial charge in [0.2, 0.25) is 0 Å². The van der Waals surface area contributed by atoms with Crippen molar-refractivity contribution in [3.05, 3.63) is 29.8 Å². The molecule has 0 saturated carbocycles. The van der Waals surface area contributed by atoms with Crippen LogP contribution in [0.5, 0.6) is 0 Å². The van der Waals surface area contributed by atoms with E-state index in [1.807, 2.05) is 6.92 Å². The molecule has 0 saturated heterocycles. The van der Waals surface area contributed by atoms with Gasteiger partial charge in [0, 0.05) is 14.2 Å². The topological polar surface area (TPSA) is 101 Å². The highest BCUT2D eigenvalue weighted by molar-refractivity contribution is 7.86. The van der Waals surface area contributed by atoms with Crippen molar-refractivity contribution in [2.45, 2.75) is 11.8 Å². The van der Waals surface area contributed by atoms with E-state index in [1.165, 1.54) is 12.1 Å². The molecule has 0 aliphatic rings. The number of rotatable bonds is 13. The summed E-state index contributed by atoms with van der Waals surface area (Å²) in [6.45, 7) is 4.66. The number of aliphatic hydroxyl groups is 1. The van der Waals surface area contributed by atoms with Crippen molar-refractivity contribution in [2.24, 2.45) is 0 Å². The second kappa shape index (κ2) is 22.2. The van der Waals surface area contributed by atoms with E-state index >= 15 is 0 Å². The maximum atomic E-state index is 11.7. The first-order valence-electron chi connectivity index (χ1n) is 8.71. The molecule has 11 heteroatoms. The minimum atomic E-state index is -3.68. The summed E-state index contributed by atoms with van der Waals surface area (Å²) in [7, 11) is -0.496. The number of aliphatic hydroxyl groups excluding tert-OH is 1. The molecule has 1 aromatic rings. The molecule has 0 bridgehead atoms. The Hall–Kier alpha value is -0.490. The zero-order valence-electron chi connectivity index (χ0n) is 17.1. The monoisotopic (exact) mass is 478 g/mol. The van der Waals surface area contributed by atoms with Crippen molar-refractivity contribution in [3.63, 3.8) is 0 Å². The molecular formula is C18H32Cl2O8S. The van der Waals surface area contributed by atoms with E-state index in [4.69, 9.17) is 46.7 Å². The molecule has 0 spiro atoms. The molecule has 1 N–H and O–H groups in total. The van der Waals surface area contributed by atoms with Crippen LogP contribution in [0.25, 0.3) is 0 Å². The van der Waals surface area contributed by atoms with Gasteiger partial charge in [0.15, 0.2) is 0 Å². The zero-order chi connectivity index (χ0) is 22.4. The second-order valence-corrected chi connectivity index (χ2v) is 7.55. The summed E-state index contributed by atoms with van der Waals surface area (Å²) in [5.41, 5.74) is 0.997. The molecule has 0 aliphatic carbocycles. The molecule has 1 rings (SSSR count). The number of ether oxygens (including phenoxy) is 4. The van der Waals surface area contributed by atoms with Crippen LogP contribution in [-0.2, 0) is 33.2 Å². The molecule has 172 valence electrons. The summed E-state index contributed by atoms with van der Waals surface area (Å²) in [5.74, 6) is 0. The minimum absolute atomic E-state index is 0.0000753. The molecule has 0 heterocycles. The van der Waals surface area contributed by atoms with E-state index in [2.05, 4.69) is 4.74 Å². The van der Waals surface area contributed by atoms with Gasteiger partial charge in [-0.05, 0) is 19.1 Å². The molecule has 29 heavy (non-hydrogen) atoms. The van der Waals surface area contributed by atoms with Gasteiger partial charge in [0.05, 0.1) is 63.1 Å². The Labute approximate surface area is 184 Å². The number of halogens is 2. The number of methoxy groups -OCH3 is 2. The van der Waals surface area contributed by atoms with Crippen LogP contribution in [0.15, 0.2) is 29.2 Å². The second-order valence-electron chi connectivity index (χ2n) is 5.12. The van der Waals surface area contributed by atoms with E-state index in [1.54, 1.807) is 26.4 Å². The van der Waals surface area contributed by atoms with Crippen molar-refractivity contribution in [1.29, 1.82) is 0 Å². The van der Waals surface area contributed by atoms with Crippen LogP contribution >= 0.6 is 23.2 Å². The summed E-state index contributed by atoms with van der Waals surface area (Å²) in [6, 6.07) is 6.50. The fourth-order valence-electron chi connectivity index (χ4n) is 1.53. The number of hydrogen-bond acceptors (Lipinski definition) is 8. The van der Waals surface area contributed by atoms with E-state index in [9.17, 15) is 8.42 Å². The number of benzene rings is 1. The first-order chi connectivity index (χ1) is 13.9. The summed E-state index contributed by atoms with van der Waals surface area (Å²) in [4.78, 5) is 0.157. The first kappa shape index (κ1) is 30.7. The Morgan fingerprint density at radius 3 is 1.72 bits per heavy atom. The van der Waals surface area contributed by atoms with Gasteiger partial charge in [0.1, 0.15) is 0 Å². The largest absolute Gasteiger partial charge is 0.394 e. The summed E-state index contributed by atoms with van der Waals surface area (Å²) < 4.78 is 47.7. The summed E-state index contributed by atoms with van der Waals surface area (Å²) >= 11 is 9.53. The Morgan fingerprint density at radius 1 is 0.828 bits per heavy atom. The highest BCUT2D eigenvalue weighted by Crippen LogP contribution is 2.12. The maximum Gasteiger partial charge on any atom is 0.297 e. The summed E-state index contributed by atoms with van der Waals surface area (Å²) in [5, 5.41) is 8.39. The number of alkyl halides is 2. The van der Waals surface area contributed by atoms with Crippen LogP contribution in [-0.4, -0.2) is 85.9 Å². The smallest absolute Gasteiger partial charge is 0.297 e. The maximum absolute atomic E-state index is 11.7. The molecule has 0 aromatic heterocycles. The van der Waals surface area contributed by atoms with Crippen LogP contribution in [0, 0.1) is 6.92 Å². The van der Waals surface area contributed by atoms with Crippen LogP contribution in [0.3, 0.4) is 0 Å². The zero-order valence-corrected chi connectivity index (χ0v) is 19.5. The average molecular weight is 479 g/mol. The Balaban J connectivity index is 0. The lowest BCUT2D eigenvalue weighted by Crippen LogP contribution is -2.13. The molecule has 0 aliphatic heterocycles. The summed E-state index contributed by atoms with van der Waals surface area (Å²) in [6.07, 6.45) is 0. The predicted molar refractivity (Wildman–Crippen MR) is 113 cm³/mol. The van der Waals surface area contributed by atoms with E-state index < -0.39 is 10.1 Å². The van der Waals surface area contributed by atoms with Gasteiger partial charge < -0.3 is 24.1 Å². The molecule has 0 radical (unpaired) electrons. The third-order valence-corrected chi connectivity index (χ3v) is 4.20. The lowest BCUT2D eigenvalue weighted by Gasteiger charge is -2.06. The highest BCUT2D eigenvalue weighted by atomic mass is 35.5. The van der Waals surface area contributed by atoms with Gasteiger partial charge in [-0.15, -0.1) is 23.2 Å². The normalized spacial score (nSPS) is 10.6. The SMILES string of the molecule is COCCOCCO.COCCOCCOS(=O)(=O)c1ccc(C)cc1.ClCCl. The Bertz CT molecular complexity index is 549. The first-order valence-corrected chi connectivity index (χ1v) is 11.2. The highest BCUT2D eigenvalue weighted by Gasteiger charge is 2.14. The molecule has 0 unspecified atom stereocenters.